The van der Waals surface area contributed by atoms with E-state index in [1.807, 2.05) is 0 Å². The lowest BCUT2D eigenvalue weighted by Crippen LogP contribution is -2.33. The molecule has 0 saturated carbocycles. The zero-order valence-electron chi connectivity index (χ0n) is 48.2. The summed E-state index contributed by atoms with van der Waals surface area (Å²) in [6.45, 7) is 32.8. The number of ether oxygens (including phenoxy) is 10. The molecule has 0 aliphatic heterocycles. The molecule has 25 nitrogen and oxygen atoms in total. The largest absolute Gasteiger partial charge is 0.460 e. The normalized spacial score (nSPS) is 11.6. The highest BCUT2D eigenvalue weighted by Crippen LogP contribution is 2.32. The van der Waals surface area contributed by atoms with Gasteiger partial charge in [0.15, 0.2) is 19.8 Å². The predicted molar refractivity (Wildman–Crippen MR) is 296 cm³/mol. The maximum Gasteiger partial charge on any atom is 0.333 e. The fraction of sp³-hybridized carbons (Fsp3) is 0.673. The summed E-state index contributed by atoms with van der Waals surface area (Å²) >= 11 is 0. The molecule has 0 aliphatic carbocycles. The number of nitrogens with one attached hydrogen (secondary N) is 5. The van der Waals surface area contributed by atoms with Crippen molar-refractivity contribution in [3.63, 3.8) is 0 Å². The van der Waals surface area contributed by atoms with Gasteiger partial charge >= 0.3 is 29.8 Å². The van der Waals surface area contributed by atoms with Gasteiger partial charge in [-0.15, -0.1) is 0 Å². The molecule has 2 unspecified atom stereocenters. The third-order valence-corrected chi connectivity index (χ3v) is 10.6. The van der Waals surface area contributed by atoms with Gasteiger partial charge in [-0.2, -0.15) is 0 Å². The Morgan fingerprint density at radius 1 is 0.412 bits per heavy atom. The molecule has 0 heterocycles. The van der Waals surface area contributed by atoms with Crippen LogP contribution >= 0.6 is 0 Å². The minimum Gasteiger partial charge on any atom is -0.460 e. The molecule has 0 rings (SSSR count). The van der Waals surface area contributed by atoms with Crippen LogP contribution in [0.1, 0.15) is 80.1 Å². The van der Waals surface area contributed by atoms with E-state index in [1.54, 1.807) is 13.8 Å². The molecule has 0 aromatic carbocycles. The maximum atomic E-state index is 11.9. The third-order valence-electron chi connectivity index (χ3n) is 10.6. The topological polar surface area (TPSA) is 329 Å². The second kappa shape index (κ2) is 49.0. The molecule has 25 heteroatoms. The van der Waals surface area contributed by atoms with Gasteiger partial charge in [0.2, 0.25) is 0 Å². The summed E-state index contributed by atoms with van der Waals surface area (Å²) in [5.41, 5.74) is 0.996. The summed E-state index contributed by atoms with van der Waals surface area (Å²) in [5, 5.41) is 33.3. The number of hydrogen-bond donors (Lipinski definition) is 7. The summed E-state index contributed by atoms with van der Waals surface area (Å²) in [7, 11) is 0. The van der Waals surface area contributed by atoms with Crippen LogP contribution in [0.4, 0.5) is 0 Å². The summed E-state index contributed by atoms with van der Waals surface area (Å²) in [5.74, 6) is -4.12. The number of carbonyl (C=O) groups excluding carboxylic acids is 8. The number of aliphatic hydroxyl groups excluding tert-OH is 2. The molecule has 0 fully saturated rings. The highest BCUT2D eigenvalue weighted by molar-refractivity contribution is 5.90. The zero-order chi connectivity index (χ0) is 60.6. The number of hydrogen-bond acceptors (Lipinski definition) is 22. The molecular weight excluding hydrogens is 1050 g/mol. The number of carbonyl (C=O) groups is 8. The highest BCUT2D eigenvalue weighted by atomic mass is 16.6. The third kappa shape index (κ3) is 45.9. The first-order valence-corrected chi connectivity index (χ1v) is 26.6. The van der Waals surface area contributed by atoms with Crippen molar-refractivity contribution in [2.24, 2.45) is 5.41 Å². The summed E-state index contributed by atoms with van der Waals surface area (Å²) in [6, 6.07) is 0. The SMILES string of the molecule is C=C(C)C(=O)OCC(=O)NCCCOCCC(CC)(CCOCCCNC(=O)COC(=O)C(=C)C)COCCCNC(=O)COC(=O)C(=C)C.C=C(C)C(=O)OCC(O)CNCCOCCOCCNCC(O)COC(=O)C(=C)C. The highest BCUT2D eigenvalue weighted by Gasteiger charge is 2.28. The van der Waals surface area contributed by atoms with Crippen molar-refractivity contribution in [2.75, 3.05) is 145 Å². The van der Waals surface area contributed by atoms with Gasteiger partial charge < -0.3 is 84.2 Å². The average Bonchev–Trinajstić information content (AvgIpc) is 3.41. The summed E-state index contributed by atoms with van der Waals surface area (Å²) < 4.78 is 52.6. The van der Waals surface area contributed by atoms with E-state index >= 15 is 0 Å². The van der Waals surface area contributed by atoms with Gasteiger partial charge in [-0.3, -0.25) is 14.4 Å². The molecule has 0 aliphatic rings. The van der Waals surface area contributed by atoms with Crippen molar-refractivity contribution in [3.8, 4) is 0 Å². The second-order valence-corrected chi connectivity index (χ2v) is 18.5. The van der Waals surface area contributed by atoms with Gasteiger partial charge in [-0.05, 0) is 78.6 Å². The molecule has 3 amide bonds. The first-order valence-electron chi connectivity index (χ1n) is 26.6. The lowest BCUT2D eigenvalue weighted by Gasteiger charge is -2.33. The fourth-order valence-electron chi connectivity index (χ4n) is 5.77. The van der Waals surface area contributed by atoms with Gasteiger partial charge in [0.25, 0.3) is 17.7 Å². The number of amides is 3. The van der Waals surface area contributed by atoms with Crippen LogP contribution in [0.25, 0.3) is 0 Å². The Morgan fingerprint density at radius 2 is 0.713 bits per heavy atom. The first kappa shape index (κ1) is 76.2. The lowest BCUT2D eigenvalue weighted by atomic mass is 9.80. The van der Waals surface area contributed by atoms with E-state index in [2.05, 4.69) is 66.4 Å². The molecule has 0 saturated heterocycles. The van der Waals surface area contributed by atoms with Gasteiger partial charge in [0, 0.05) is 107 Å². The molecule has 0 bridgehead atoms. The van der Waals surface area contributed by atoms with E-state index in [1.165, 1.54) is 20.8 Å². The van der Waals surface area contributed by atoms with E-state index in [4.69, 9.17) is 47.4 Å². The fourth-order valence-corrected chi connectivity index (χ4v) is 5.77. The van der Waals surface area contributed by atoms with Crippen LogP contribution in [-0.4, -0.2) is 215 Å². The van der Waals surface area contributed by atoms with Crippen LogP contribution in [0.5, 0.6) is 0 Å². The first-order chi connectivity index (χ1) is 38.0. The Kier molecular flexibility index (Phi) is 46.6. The van der Waals surface area contributed by atoms with Crippen LogP contribution in [0.2, 0.25) is 0 Å². The van der Waals surface area contributed by atoms with Gasteiger partial charge in [0.05, 0.1) is 33.0 Å². The predicted octanol–water partition coefficient (Wildman–Crippen LogP) is 1.25. The van der Waals surface area contributed by atoms with Gasteiger partial charge in [-0.1, -0.05) is 39.8 Å². The van der Waals surface area contributed by atoms with E-state index in [0.29, 0.717) is 142 Å². The lowest BCUT2D eigenvalue weighted by molar-refractivity contribution is -0.144. The molecular formula is C55H93N5O20. The van der Waals surface area contributed by atoms with E-state index < -0.39 is 59.8 Å². The van der Waals surface area contributed by atoms with Crippen LogP contribution in [0.15, 0.2) is 60.8 Å². The van der Waals surface area contributed by atoms with Crippen molar-refractivity contribution in [2.45, 2.75) is 92.3 Å². The van der Waals surface area contributed by atoms with E-state index in [0.717, 1.165) is 6.42 Å². The molecule has 2 atom stereocenters. The minimum atomic E-state index is -0.791. The van der Waals surface area contributed by atoms with Crippen molar-refractivity contribution in [1.82, 2.24) is 26.6 Å². The number of esters is 5. The maximum absolute atomic E-state index is 11.9. The Balaban J connectivity index is 0. The van der Waals surface area contributed by atoms with Crippen molar-refractivity contribution in [1.29, 1.82) is 0 Å². The molecule has 0 aromatic rings. The smallest absolute Gasteiger partial charge is 0.333 e. The molecule has 80 heavy (non-hydrogen) atoms. The average molecular weight is 1140 g/mol. The van der Waals surface area contributed by atoms with Gasteiger partial charge in [-0.25, -0.2) is 24.0 Å². The number of rotatable bonds is 49. The second-order valence-electron chi connectivity index (χ2n) is 18.5. The molecule has 0 spiro atoms. The molecule has 458 valence electrons. The van der Waals surface area contributed by atoms with Crippen LogP contribution in [0, 0.1) is 5.41 Å². The number of aliphatic hydroxyl groups is 2. The van der Waals surface area contributed by atoms with Crippen LogP contribution < -0.4 is 26.6 Å². The molecule has 7 N–H and O–H groups in total. The Bertz CT molecular complexity index is 1810. The van der Waals surface area contributed by atoms with Crippen molar-refractivity contribution in [3.05, 3.63) is 60.8 Å². The Hall–Kier alpha value is -5.90. The van der Waals surface area contributed by atoms with E-state index in [-0.39, 0.29) is 68.3 Å². The summed E-state index contributed by atoms with van der Waals surface area (Å²) in [4.78, 5) is 92.1. The monoisotopic (exact) mass is 1140 g/mol. The van der Waals surface area contributed by atoms with Crippen LogP contribution in [0.3, 0.4) is 0 Å². The van der Waals surface area contributed by atoms with Gasteiger partial charge in [0.1, 0.15) is 25.4 Å². The quantitative estimate of drug-likeness (QED) is 0.0195. The summed E-state index contributed by atoms with van der Waals surface area (Å²) in [6.07, 6.45) is 2.31. The molecule has 0 radical (unpaired) electrons. The Morgan fingerprint density at radius 3 is 1.02 bits per heavy atom. The van der Waals surface area contributed by atoms with Crippen LogP contribution in [-0.2, 0) is 85.7 Å². The standard InChI is InChI=1S/C35H57N3O12.C20H36N2O8/c1-8-35(25-47-19-11-16-38-31(41)24-50-34(44)28(6)7,12-20-45-17-9-14-36-29(39)22-48-32(42)26(2)3)13-21-46-18-10-15-37-30(40)23-49-33(43)27(4)5;1-15(2)19(25)29-13-17(23)11-21-5-7-27-9-10-28-8-6-22-12-18(24)14-30-20(26)16(3)4/h2,4,6,8-25H2,1,3,5,7H3,(H,36,39)(H,37,40)(H,38,41);17-18,21-24H,1,3,5-14H2,2,4H3. The van der Waals surface area contributed by atoms with E-state index in [9.17, 15) is 48.6 Å². The van der Waals surface area contributed by atoms with Crippen molar-refractivity contribution < 1.29 is 95.9 Å². The zero-order valence-corrected chi connectivity index (χ0v) is 48.2. The Labute approximate surface area is 472 Å². The molecule has 0 aromatic heterocycles. The van der Waals surface area contributed by atoms with Crippen molar-refractivity contribution >= 4 is 47.6 Å². The minimum absolute atomic E-state index is 0.0852.